The second kappa shape index (κ2) is 12.5. The molecule has 1 aromatic rings. The van der Waals surface area contributed by atoms with Crippen molar-refractivity contribution in [1.82, 2.24) is 15.5 Å². The van der Waals surface area contributed by atoms with Crippen molar-refractivity contribution in [3.63, 3.8) is 0 Å². The summed E-state index contributed by atoms with van der Waals surface area (Å²) in [5, 5.41) is 9.06. The van der Waals surface area contributed by atoms with Crippen LogP contribution in [-0.4, -0.2) is 68.0 Å². The topological polar surface area (TPSA) is 78.0 Å². The van der Waals surface area contributed by atoms with Crippen molar-refractivity contribution in [1.29, 1.82) is 0 Å². The van der Waals surface area contributed by atoms with E-state index in [-0.39, 0.29) is 30.0 Å². The van der Waals surface area contributed by atoms with E-state index >= 15 is 0 Å². The van der Waals surface area contributed by atoms with E-state index in [0.717, 1.165) is 12.0 Å². The number of aliphatic imine (C=N–C) groups is 1. The minimum absolute atomic E-state index is 0. The Balaban J connectivity index is 0.00000512. The number of carbonyl (C=O) groups excluding carboxylic acids is 1. The summed E-state index contributed by atoms with van der Waals surface area (Å²) in [6.45, 7) is 5.89. The van der Waals surface area contributed by atoms with Crippen LogP contribution >= 0.6 is 24.0 Å². The van der Waals surface area contributed by atoms with Crippen LogP contribution in [0.5, 0.6) is 0 Å². The smallest absolute Gasteiger partial charge is 0.412 e. The van der Waals surface area contributed by atoms with Crippen LogP contribution in [0.15, 0.2) is 29.3 Å². The molecule has 1 aliphatic heterocycles. The zero-order valence-electron chi connectivity index (χ0n) is 18.9. The third kappa shape index (κ3) is 11.2. The summed E-state index contributed by atoms with van der Waals surface area (Å²) in [6.07, 6.45) is -3.31. The van der Waals surface area contributed by atoms with Crippen LogP contribution in [0.25, 0.3) is 0 Å². The molecule has 1 fully saturated rings. The number of rotatable bonds is 6. The molecule has 1 aliphatic rings. The number of hydrogen-bond acceptors (Lipinski definition) is 4. The number of carbonyl (C=O) groups is 1. The van der Waals surface area contributed by atoms with E-state index in [9.17, 15) is 18.0 Å². The van der Waals surface area contributed by atoms with E-state index in [2.05, 4.69) is 20.9 Å². The van der Waals surface area contributed by atoms with Crippen molar-refractivity contribution in [2.24, 2.45) is 4.99 Å². The lowest BCUT2D eigenvalue weighted by atomic mass is 10.1. The van der Waals surface area contributed by atoms with Gasteiger partial charge < -0.3 is 15.4 Å². The molecular weight excluding hydrogens is 538 g/mol. The molecule has 3 N–H and O–H groups in total. The van der Waals surface area contributed by atoms with Crippen molar-refractivity contribution in [3.05, 3.63) is 29.8 Å². The highest BCUT2D eigenvalue weighted by Crippen LogP contribution is 2.20. The maximum Gasteiger partial charge on any atom is 0.412 e. The monoisotopic (exact) mass is 571 g/mol. The lowest BCUT2D eigenvalue weighted by Crippen LogP contribution is -2.45. The fraction of sp³-hybridized carbons (Fsp3) is 0.619. The highest BCUT2D eigenvalue weighted by Gasteiger charge is 2.34. The molecule has 0 spiro atoms. The van der Waals surface area contributed by atoms with Gasteiger partial charge in [-0.1, -0.05) is 12.1 Å². The fourth-order valence-electron chi connectivity index (χ4n) is 3.24. The number of ether oxygens (including phenoxy) is 1. The van der Waals surface area contributed by atoms with E-state index in [1.165, 1.54) is 4.90 Å². The number of amides is 1. The Morgan fingerprint density at radius 1 is 1.22 bits per heavy atom. The molecule has 11 heteroatoms. The van der Waals surface area contributed by atoms with Crippen LogP contribution in [0.3, 0.4) is 0 Å². The number of benzene rings is 1. The number of hydrogen-bond donors (Lipinski definition) is 3. The first kappa shape index (κ1) is 28.3. The molecule has 7 nitrogen and oxygen atoms in total. The predicted octanol–water partition coefficient (Wildman–Crippen LogP) is 4.00. The van der Waals surface area contributed by atoms with E-state index < -0.39 is 24.4 Å². The van der Waals surface area contributed by atoms with E-state index in [4.69, 9.17) is 4.74 Å². The van der Waals surface area contributed by atoms with Crippen LogP contribution < -0.4 is 16.0 Å². The van der Waals surface area contributed by atoms with Crippen molar-refractivity contribution in [2.45, 2.75) is 51.4 Å². The largest absolute Gasteiger partial charge is 0.444 e. The molecule has 1 unspecified atom stereocenters. The molecule has 1 heterocycles. The number of nitrogens with one attached hydrogen (secondary N) is 3. The molecule has 1 saturated heterocycles. The molecule has 0 aromatic heterocycles. The third-order valence-electron chi connectivity index (χ3n) is 4.55. The van der Waals surface area contributed by atoms with Crippen LogP contribution in [-0.2, 0) is 11.2 Å². The lowest BCUT2D eigenvalue weighted by Gasteiger charge is -2.20. The van der Waals surface area contributed by atoms with E-state index in [0.29, 0.717) is 37.7 Å². The average molecular weight is 571 g/mol. The van der Waals surface area contributed by atoms with Gasteiger partial charge in [0.15, 0.2) is 5.96 Å². The first-order chi connectivity index (χ1) is 14.4. The molecule has 182 valence electrons. The van der Waals surface area contributed by atoms with Gasteiger partial charge in [0.25, 0.3) is 0 Å². The van der Waals surface area contributed by atoms with Gasteiger partial charge in [0.1, 0.15) is 5.60 Å². The van der Waals surface area contributed by atoms with Crippen molar-refractivity contribution >= 4 is 41.7 Å². The summed E-state index contributed by atoms with van der Waals surface area (Å²) >= 11 is 0. The van der Waals surface area contributed by atoms with Gasteiger partial charge in [0.2, 0.25) is 0 Å². The minimum atomic E-state index is -4.17. The molecule has 0 radical (unpaired) electrons. The van der Waals surface area contributed by atoms with Crippen molar-refractivity contribution in [2.75, 3.05) is 38.5 Å². The zero-order chi connectivity index (χ0) is 23.1. The number of anilines is 1. The number of halogens is 4. The normalized spacial score (nSPS) is 17.5. The molecular formula is C21H33F3IN5O2. The Morgan fingerprint density at radius 3 is 2.44 bits per heavy atom. The summed E-state index contributed by atoms with van der Waals surface area (Å²) in [6, 6.07) is 7.37. The Hall–Kier alpha value is -1.76. The summed E-state index contributed by atoms with van der Waals surface area (Å²) < 4.78 is 42.8. The van der Waals surface area contributed by atoms with Crippen LogP contribution in [0.2, 0.25) is 0 Å². The van der Waals surface area contributed by atoms with Crippen LogP contribution in [0, 0.1) is 0 Å². The first-order valence-corrected chi connectivity index (χ1v) is 10.3. The summed E-state index contributed by atoms with van der Waals surface area (Å²) in [7, 11) is 1.63. The van der Waals surface area contributed by atoms with E-state index in [1.807, 2.05) is 12.1 Å². The van der Waals surface area contributed by atoms with Crippen molar-refractivity contribution < 1.29 is 22.7 Å². The molecule has 0 saturated carbocycles. The molecule has 32 heavy (non-hydrogen) atoms. The highest BCUT2D eigenvalue weighted by molar-refractivity contribution is 14.0. The minimum Gasteiger partial charge on any atom is -0.444 e. The number of guanidine groups is 1. The summed E-state index contributed by atoms with van der Waals surface area (Å²) in [5.41, 5.74) is 1.15. The predicted molar refractivity (Wildman–Crippen MR) is 131 cm³/mol. The quantitative estimate of drug-likeness (QED) is 0.274. The average Bonchev–Trinajstić information content (AvgIpc) is 3.05. The number of nitrogens with zero attached hydrogens (tertiary/aromatic N) is 2. The van der Waals surface area contributed by atoms with Gasteiger partial charge >= 0.3 is 12.3 Å². The maximum absolute atomic E-state index is 12.5. The molecule has 1 atom stereocenters. The second-order valence-electron chi connectivity index (χ2n) is 8.55. The Bertz CT molecular complexity index is 751. The van der Waals surface area contributed by atoms with Gasteiger partial charge in [-0.05, 0) is 51.3 Å². The molecule has 1 amide bonds. The third-order valence-corrected chi connectivity index (χ3v) is 4.55. The SMILES string of the molecule is CN=C(NCCc1ccc(NC(=O)OC(C)(C)C)cc1)NC1CCN(CC(F)(F)F)C1.I. The van der Waals surface area contributed by atoms with Crippen molar-refractivity contribution in [3.8, 4) is 0 Å². The number of likely N-dealkylation sites (tertiary alicyclic amines) is 1. The molecule has 0 bridgehead atoms. The Morgan fingerprint density at radius 2 is 1.88 bits per heavy atom. The molecule has 1 aromatic carbocycles. The van der Waals surface area contributed by atoms with Gasteiger partial charge in [-0.25, -0.2) is 4.79 Å². The van der Waals surface area contributed by atoms with Gasteiger partial charge in [0, 0.05) is 38.4 Å². The van der Waals surface area contributed by atoms with Crippen LogP contribution in [0.1, 0.15) is 32.8 Å². The van der Waals surface area contributed by atoms with E-state index in [1.54, 1.807) is 40.0 Å². The Kier molecular flexibility index (Phi) is 11.0. The second-order valence-corrected chi connectivity index (χ2v) is 8.55. The highest BCUT2D eigenvalue weighted by atomic mass is 127. The lowest BCUT2D eigenvalue weighted by molar-refractivity contribution is -0.143. The standard InChI is InChI=1S/C21H32F3N5O2.HI/c1-20(2,3)31-19(30)28-16-7-5-15(6-8-16)9-11-26-18(25-4)27-17-10-12-29(13-17)14-21(22,23)24;/h5-8,17H,9-14H2,1-4H3,(H,28,30)(H2,25,26,27);1H. The number of alkyl halides is 3. The molecule has 0 aliphatic carbocycles. The maximum atomic E-state index is 12.5. The van der Waals surface area contributed by atoms with Gasteiger partial charge in [-0.3, -0.25) is 15.2 Å². The summed E-state index contributed by atoms with van der Waals surface area (Å²) in [4.78, 5) is 17.4. The zero-order valence-corrected chi connectivity index (χ0v) is 21.2. The van der Waals surface area contributed by atoms with Gasteiger partial charge in [0.05, 0.1) is 6.54 Å². The van der Waals surface area contributed by atoms with Gasteiger partial charge in [-0.15, -0.1) is 24.0 Å². The summed E-state index contributed by atoms with van der Waals surface area (Å²) in [5.74, 6) is 0.571. The fourth-order valence-corrected chi connectivity index (χ4v) is 3.24. The van der Waals surface area contributed by atoms with Crippen LogP contribution in [0.4, 0.5) is 23.7 Å². The first-order valence-electron chi connectivity index (χ1n) is 10.3. The molecule has 2 rings (SSSR count). The van der Waals surface area contributed by atoms with Gasteiger partial charge in [-0.2, -0.15) is 13.2 Å². The Labute approximate surface area is 204 Å².